The Morgan fingerprint density at radius 2 is 2.25 bits per heavy atom. The predicted molar refractivity (Wildman–Crippen MR) is 82.5 cm³/mol. The van der Waals surface area contributed by atoms with Crippen molar-refractivity contribution >= 4 is 15.7 Å². The highest BCUT2D eigenvalue weighted by atomic mass is 32.2. The van der Waals surface area contributed by atoms with Crippen LogP contribution in [0, 0.1) is 0 Å². The lowest BCUT2D eigenvalue weighted by atomic mass is 10.0. The van der Waals surface area contributed by atoms with Crippen molar-refractivity contribution < 1.29 is 8.42 Å². The summed E-state index contributed by atoms with van der Waals surface area (Å²) < 4.78 is 26.4. The van der Waals surface area contributed by atoms with Gasteiger partial charge in [0.05, 0.1) is 4.90 Å². The number of benzene rings is 1. The Kier molecular flexibility index (Phi) is 4.83. The summed E-state index contributed by atoms with van der Waals surface area (Å²) in [5, 5.41) is 3.27. The normalized spacial score (nSPS) is 14.7. The second-order valence-corrected chi connectivity index (χ2v) is 7.15. The first-order valence-electron chi connectivity index (χ1n) is 7.00. The number of rotatable bonds is 6. The molecule has 110 valence electrons. The fourth-order valence-corrected chi connectivity index (χ4v) is 3.60. The van der Waals surface area contributed by atoms with E-state index in [-0.39, 0.29) is 0 Å². The number of fused-ring (bicyclic) bond motifs is 1. The molecule has 0 fully saturated rings. The molecule has 0 aliphatic carbocycles. The van der Waals surface area contributed by atoms with E-state index < -0.39 is 10.0 Å². The highest BCUT2D eigenvalue weighted by Crippen LogP contribution is 2.26. The Morgan fingerprint density at radius 1 is 1.45 bits per heavy atom. The van der Waals surface area contributed by atoms with Crippen LogP contribution in [0.3, 0.4) is 0 Å². The van der Waals surface area contributed by atoms with Crippen molar-refractivity contribution in [2.45, 2.75) is 30.6 Å². The van der Waals surface area contributed by atoms with E-state index in [4.69, 9.17) is 0 Å². The minimum Gasteiger partial charge on any atom is -0.385 e. The number of unbranched alkanes of at least 4 members (excludes halogenated alkanes) is 1. The minimum absolute atomic E-state index is 0.367. The standard InChI is InChI=1S/C15H22N2O2S/c1-3-4-5-11-17(2)20(18,19)14-9-8-13-7-6-10-16-15(13)12-14/h3,8-9,12,16H,1,4-7,10-11H2,2H3. The third-order valence-corrected chi connectivity index (χ3v) is 5.46. The van der Waals surface area contributed by atoms with Crippen molar-refractivity contribution in [3.05, 3.63) is 36.4 Å². The largest absolute Gasteiger partial charge is 0.385 e. The van der Waals surface area contributed by atoms with E-state index in [9.17, 15) is 8.42 Å². The number of aryl methyl sites for hydroxylation is 1. The molecule has 2 rings (SSSR count). The van der Waals surface area contributed by atoms with Gasteiger partial charge >= 0.3 is 0 Å². The lowest BCUT2D eigenvalue weighted by Gasteiger charge is -2.21. The summed E-state index contributed by atoms with van der Waals surface area (Å²) in [4.78, 5) is 0.367. The van der Waals surface area contributed by atoms with Crippen LogP contribution in [0.25, 0.3) is 0 Å². The number of sulfonamides is 1. The van der Waals surface area contributed by atoms with E-state index in [2.05, 4.69) is 11.9 Å². The van der Waals surface area contributed by atoms with Gasteiger partial charge < -0.3 is 5.32 Å². The van der Waals surface area contributed by atoms with Gasteiger partial charge in [0, 0.05) is 25.8 Å². The van der Waals surface area contributed by atoms with Gasteiger partial charge in [-0.15, -0.1) is 6.58 Å². The third-order valence-electron chi connectivity index (χ3n) is 3.61. The van der Waals surface area contributed by atoms with Crippen LogP contribution in [0.4, 0.5) is 5.69 Å². The number of hydrogen-bond acceptors (Lipinski definition) is 3. The zero-order valence-electron chi connectivity index (χ0n) is 11.9. The van der Waals surface area contributed by atoms with Gasteiger partial charge in [0.2, 0.25) is 10.0 Å². The SMILES string of the molecule is C=CCCCN(C)S(=O)(=O)c1ccc2c(c1)NCCC2. The summed E-state index contributed by atoms with van der Waals surface area (Å²) in [5.41, 5.74) is 2.15. The van der Waals surface area contributed by atoms with Crippen molar-refractivity contribution in [2.75, 3.05) is 25.5 Å². The highest BCUT2D eigenvalue weighted by Gasteiger charge is 2.22. The van der Waals surface area contributed by atoms with E-state index in [0.717, 1.165) is 37.9 Å². The third kappa shape index (κ3) is 3.22. The summed E-state index contributed by atoms with van der Waals surface area (Å²) in [7, 11) is -1.76. The summed E-state index contributed by atoms with van der Waals surface area (Å²) in [6.45, 7) is 5.07. The lowest BCUT2D eigenvalue weighted by molar-refractivity contribution is 0.463. The van der Waals surface area contributed by atoms with Crippen molar-refractivity contribution in [1.82, 2.24) is 4.31 Å². The van der Waals surface area contributed by atoms with E-state index in [1.807, 2.05) is 12.1 Å². The van der Waals surface area contributed by atoms with Gasteiger partial charge in [-0.2, -0.15) is 0 Å². The van der Waals surface area contributed by atoms with Gasteiger partial charge in [0.1, 0.15) is 0 Å². The number of nitrogens with one attached hydrogen (secondary N) is 1. The monoisotopic (exact) mass is 294 g/mol. The first-order chi connectivity index (χ1) is 9.55. The Bertz CT molecular complexity index is 582. The topological polar surface area (TPSA) is 49.4 Å². The lowest BCUT2D eigenvalue weighted by Crippen LogP contribution is -2.28. The molecule has 1 heterocycles. The molecule has 0 spiro atoms. The van der Waals surface area contributed by atoms with E-state index in [1.165, 1.54) is 9.87 Å². The Hall–Kier alpha value is -1.33. The van der Waals surface area contributed by atoms with E-state index >= 15 is 0 Å². The fraction of sp³-hybridized carbons (Fsp3) is 0.467. The second kappa shape index (κ2) is 6.41. The molecule has 20 heavy (non-hydrogen) atoms. The molecule has 5 heteroatoms. The second-order valence-electron chi connectivity index (χ2n) is 5.11. The summed E-state index contributed by atoms with van der Waals surface area (Å²) in [6, 6.07) is 5.39. The molecule has 0 saturated carbocycles. The van der Waals surface area contributed by atoms with Gasteiger partial charge in [-0.1, -0.05) is 12.1 Å². The van der Waals surface area contributed by atoms with E-state index in [0.29, 0.717) is 11.4 Å². The number of anilines is 1. The molecule has 1 aliphatic heterocycles. The van der Waals surface area contributed by atoms with Gasteiger partial charge in [0.15, 0.2) is 0 Å². The van der Waals surface area contributed by atoms with Crippen LogP contribution in [0.5, 0.6) is 0 Å². The number of allylic oxidation sites excluding steroid dienone is 1. The minimum atomic E-state index is -3.39. The van der Waals surface area contributed by atoms with Crippen LogP contribution < -0.4 is 5.32 Å². The number of nitrogens with zero attached hydrogens (tertiary/aromatic N) is 1. The molecule has 4 nitrogen and oxygen atoms in total. The summed E-state index contributed by atoms with van der Waals surface area (Å²) >= 11 is 0. The molecular formula is C15H22N2O2S. The Labute approximate surface area is 121 Å². The Morgan fingerprint density at radius 3 is 3.00 bits per heavy atom. The first-order valence-corrected chi connectivity index (χ1v) is 8.44. The smallest absolute Gasteiger partial charge is 0.242 e. The molecule has 0 unspecified atom stereocenters. The summed E-state index contributed by atoms with van der Waals surface area (Å²) in [5.74, 6) is 0. The molecule has 0 bridgehead atoms. The van der Waals surface area contributed by atoms with Crippen LogP contribution in [0.15, 0.2) is 35.7 Å². The predicted octanol–water partition coefficient (Wildman–Crippen LogP) is 2.63. The van der Waals surface area contributed by atoms with Gasteiger partial charge in [-0.3, -0.25) is 0 Å². The zero-order valence-corrected chi connectivity index (χ0v) is 12.7. The van der Waals surface area contributed by atoms with Crippen LogP contribution >= 0.6 is 0 Å². The van der Waals surface area contributed by atoms with Crippen LogP contribution in [-0.4, -0.2) is 32.9 Å². The van der Waals surface area contributed by atoms with Crippen molar-refractivity contribution in [3.8, 4) is 0 Å². The quantitative estimate of drug-likeness (QED) is 0.648. The Balaban J connectivity index is 2.18. The van der Waals surface area contributed by atoms with E-state index in [1.54, 1.807) is 19.2 Å². The molecule has 1 N–H and O–H groups in total. The molecule has 1 aliphatic rings. The molecule has 0 saturated heterocycles. The molecule has 0 aromatic heterocycles. The molecule has 0 radical (unpaired) electrons. The van der Waals surface area contributed by atoms with Crippen molar-refractivity contribution in [1.29, 1.82) is 0 Å². The van der Waals surface area contributed by atoms with Crippen LogP contribution in [0.2, 0.25) is 0 Å². The maximum atomic E-state index is 12.5. The van der Waals surface area contributed by atoms with Crippen LogP contribution in [-0.2, 0) is 16.4 Å². The maximum Gasteiger partial charge on any atom is 0.242 e. The molecule has 0 amide bonds. The average molecular weight is 294 g/mol. The van der Waals surface area contributed by atoms with Crippen molar-refractivity contribution in [2.24, 2.45) is 0 Å². The molecular weight excluding hydrogens is 272 g/mol. The zero-order chi connectivity index (χ0) is 14.6. The van der Waals surface area contributed by atoms with Gasteiger partial charge in [0.25, 0.3) is 0 Å². The first kappa shape index (κ1) is 15.1. The average Bonchev–Trinajstić information content (AvgIpc) is 2.46. The van der Waals surface area contributed by atoms with Crippen LogP contribution in [0.1, 0.15) is 24.8 Å². The molecule has 1 aromatic carbocycles. The fourth-order valence-electron chi connectivity index (χ4n) is 2.36. The highest BCUT2D eigenvalue weighted by molar-refractivity contribution is 7.89. The van der Waals surface area contributed by atoms with Gasteiger partial charge in [-0.05, 0) is 43.4 Å². The maximum absolute atomic E-state index is 12.5. The number of hydrogen-bond donors (Lipinski definition) is 1. The molecule has 0 atom stereocenters. The molecule has 1 aromatic rings. The van der Waals surface area contributed by atoms with Crippen molar-refractivity contribution in [3.63, 3.8) is 0 Å². The van der Waals surface area contributed by atoms with Gasteiger partial charge in [-0.25, -0.2) is 12.7 Å². The summed E-state index contributed by atoms with van der Waals surface area (Å²) in [6.07, 6.45) is 5.54.